The molecular formula is C22H21N3O. The Morgan fingerprint density at radius 3 is 2.69 bits per heavy atom. The first-order valence-corrected chi connectivity index (χ1v) is 9.21. The minimum Gasteiger partial charge on any atom is -0.330 e. The maximum atomic E-state index is 12.8. The van der Waals surface area contributed by atoms with Crippen LogP contribution in [0.5, 0.6) is 0 Å². The Balaban J connectivity index is 1.57. The van der Waals surface area contributed by atoms with E-state index in [4.69, 9.17) is 5.73 Å². The van der Waals surface area contributed by atoms with Crippen LogP contribution in [0.2, 0.25) is 0 Å². The molecule has 3 aromatic rings. The van der Waals surface area contributed by atoms with Gasteiger partial charge in [0.2, 0.25) is 5.91 Å². The van der Waals surface area contributed by atoms with Gasteiger partial charge >= 0.3 is 0 Å². The Morgan fingerprint density at radius 2 is 1.88 bits per heavy atom. The van der Waals surface area contributed by atoms with Crippen molar-refractivity contribution in [3.05, 3.63) is 70.9 Å². The summed E-state index contributed by atoms with van der Waals surface area (Å²) in [6, 6.07) is 15.1. The van der Waals surface area contributed by atoms with Gasteiger partial charge in [-0.25, -0.2) is 4.98 Å². The molecule has 2 aromatic carbocycles. The number of aromatic nitrogens is 1. The Hall–Kier alpha value is -2.72. The van der Waals surface area contributed by atoms with Crippen molar-refractivity contribution in [2.75, 3.05) is 11.9 Å². The Kier molecular flexibility index (Phi) is 3.37. The minimum atomic E-state index is -0.494. The zero-order valence-electron chi connectivity index (χ0n) is 14.6. The van der Waals surface area contributed by atoms with E-state index >= 15 is 0 Å². The molecule has 4 nitrogen and oxygen atoms in total. The molecule has 1 amide bonds. The number of hydrogen-bond donors (Lipinski definition) is 2. The number of amides is 1. The van der Waals surface area contributed by atoms with Gasteiger partial charge in [0.15, 0.2) is 0 Å². The van der Waals surface area contributed by atoms with Gasteiger partial charge < -0.3 is 11.1 Å². The number of nitrogens with zero attached hydrogens (tertiary/aromatic N) is 1. The molecule has 1 spiro atoms. The monoisotopic (exact) mass is 343 g/mol. The van der Waals surface area contributed by atoms with E-state index < -0.39 is 5.41 Å². The molecule has 0 radical (unpaired) electrons. The van der Waals surface area contributed by atoms with Crippen LogP contribution in [0, 0.1) is 0 Å². The molecule has 26 heavy (non-hydrogen) atoms. The maximum Gasteiger partial charge on any atom is 0.237 e. The van der Waals surface area contributed by atoms with E-state index in [0.717, 1.165) is 37.1 Å². The molecule has 1 unspecified atom stereocenters. The molecule has 1 aromatic heterocycles. The SMILES string of the molecule is NCCCc1ccc2cc3c(cc2c1)CC1(C3)C(=O)Nc2ncccc21. The lowest BCUT2D eigenvalue weighted by Gasteiger charge is -2.20. The van der Waals surface area contributed by atoms with Crippen LogP contribution in [0.25, 0.3) is 10.8 Å². The molecule has 130 valence electrons. The van der Waals surface area contributed by atoms with Crippen LogP contribution in [0.3, 0.4) is 0 Å². The van der Waals surface area contributed by atoms with Gasteiger partial charge in [0, 0.05) is 11.8 Å². The fraction of sp³-hybridized carbons (Fsp3) is 0.273. The second kappa shape index (κ2) is 5.64. The van der Waals surface area contributed by atoms with Crippen molar-refractivity contribution in [1.29, 1.82) is 0 Å². The average Bonchev–Trinajstić information content (AvgIpc) is 3.16. The predicted molar refractivity (Wildman–Crippen MR) is 103 cm³/mol. The van der Waals surface area contributed by atoms with Gasteiger partial charge in [0.25, 0.3) is 0 Å². The highest BCUT2D eigenvalue weighted by atomic mass is 16.2. The summed E-state index contributed by atoms with van der Waals surface area (Å²) in [5.74, 6) is 0.800. The third-order valence-corrected chi connectivity index (χ3v) is 5.87. The van der Waals surface area contributed by atoms with Gasteiger partial charge in [0.05, 0.1) is 5.41 Å². The Morgan fingerprint density at radius 1 is 1.08 bits per heavy atom. The number of rotatable bonds is 3. The van der Waals surface area contributed by atoms with E-state index in [2.05, 4.69) is 40.6 Å². The molecular weight excluding hydrogens is 322 g/mol. The number of nitrogens with one attached hydrogen (secondary N) is 1. The smallest absolute Gasteiger partial charge is 0.237 e. The molecule has 0 saturated carbocycles. The number of anilines is 1. The van der Waals surface area contributed by atoms with E-state index in [1.165, 1.54) is 27.5 Å². The van der Waals surface area contributed by atoms with Crippen molar-refractivity contribution >= 4 is 22.5 Å². The van der Waals surface area contributed by atoms with Crippen LogP contribution in [-0.2, 0) is 29.5 Å². The lowest BCUT2D eigenvalue weighted by molar-refractivity contribution is -0.120. The average molecular weight is 343 g/mol. The number of aryl methyl sites for hydroxylation is 1. The van der Waals surface area contributed by atoms with E-state index in [0.29, 0.717) is 6.54 Å². The highest BCUT2D eigenvalue weighted by Gasteiger charge is 2.51. The molecule has 0 saturated heterocycles. The first-order chi connectivity index (χ1) is 12.7. The zero-order chi connectivity index (χ0) is 17.7. The molecule has 0 fully saturated rings. The van der Waals surface area contributed by atoms with Crippen LogP contribution >= 0.6 is 0 Å². The quantitative estimate of drug-likeness (QED) is 0.768. The van der Waals surface area contributed by atoms with Gasteiger partial charge in [-0.2, -0.15) is 0 Å². The number of carbonyl (C=O) groups excluding carboxylic acids is 1. The van der Waals surface area contributed by atoms with Crippen LogP contribution in [0.1, 0.15) is 28.7 Å². The summed E-state index contributed by atoms with van der Waals surface area (Å²) in [7, 11) is 0. The Bertz CT molecular complexity index is 1040. The normalized spacial score (nSPS) is 20.4. The summed E-state index contributed by atoms with van der Waals surface area (Å²) in [6.45, 7) is 0.716. The van der Waals surface area contributed by atoms with E-state index in [1.807, 2.05) is 12.1 Å². The standard InChI is InChI=1S/C22H21N3O/c23-7-1-3-14-5-6-15-10-17-12-22(13-18(17)11-16(15)9-14)19-4-2-8-24-20(19)25-21(22)26/h2,4-6,8-11H,1,3,7,12-13,23H2,(H,24,25,26). The molecule has 0 bridgehead atoms. The van der Waals surface area contributed by atoms with Gasteiger partial charge in [0.1, 0.15) is 5.82 Å². The topological polar surface area (TPSA) is 68.0 Å². The molecule has 5 rings (SSSR count). The van der Waals surface area contributed by atoms with E-state index in [-0.39, 0.29) is 5.91 Å². The van der Waals surface area contributed by atoms with Crippen molar-refractivity contribution in [2.45, 2.75) is 31.1 Å². The van der Waals surface area contributed by atoms with E-state index in [1.54, 1.807) is 6.20 Å². The number of nitrogens with two attached hydrogens (primary N) is 1. The van der Waals surface area contributed by atoms with Crippen LogP contribution in [-0.4, -0.2) is 17.4 Å². The minimum absolute atomic E-state index is 0.0788. The fourth-order valence-corrected chi connectivity index (χ4v) is 4.54. The van der Waals surface area contributed by atoms with Gasteiger partial charge in [-0.3, -0.25) is 4.79 Å². The van der Waals surface area contributed by atoms with Crippen molar-refractivity contribution < 1.29 is 4.79 Å². The number of fused-ring (bicyclic) bond motifs is 4. The maximum absolute atomic E-state index is 12.8. The third-order valence-electron chi connectivity index (χ3n) is 5.87. The van der Waals surface area contributed by atoms with Crippen molar-refractivity contribution in [1.82, 2.24) is 4.98 Å². The van der Waals surface area contributed by atoms with Gasteiger partial charge in [-0.1, -0.05) is 36.4 Å². The molecule has 2 aliphatic rings. The lowest BCUT2D eigenvalue weighted by atomic mass is 9.79. The summed E-state index contributed by atoms with van der Waals surface area (Å²) in [4.78, 5) is 17.2. The summed E-state index contributed by atoms with van der Waals surface area (Å²) >= 11 is 0. The van der Waals surface area contributed by atoms with Gasteiger partial charge in [-0.05, 0) is 65.8 Å². The summed E-state index contributed by atoms with van der Waals surface area (Å²) in [5.41, 5.74) is 10.1. The number of carbonyl (C=O) groups is 1. The fourth-order valence-electron chi connectivity index (χ4n) is 4.54. The second-order valence-electron chi connectivity index (χ2n) is 7.48. The highest BCUT2D eigenvalue weighted by molar-refractivity contribution is 6.06. The largest absolute Gasteiger partial charge is 0.330 e. The number of benzene rings is 2. The summed E-state index contributed by atoms with van der Waals surface area (Å²) in [6.07, 6.45) is 5.24. The highest BCUT2D eigenvalue weighted by Crippen LogP contribution is 2.47. The first kappa shape index (κ1) is 15.5. The predicted octanol–water partition coefficient (Wildman–Crippen LogP) is 3.11. The zero-order valence-corrected chi connectivity index (χ0v) is 14.6. The summed E-state index contributed by atoms with van der Waals surface area (Å²) in [5, 5.41) is 5.47. The number of pyridine rings is 1. The molecule has 4 heteroatoms. The molecule has 3 N–H and O–H groups in total. The van der Waals surface area contributed by atoms with Crippen LogP contribution < -0.4 is 11.1 Å². The second-order valence-corrected chi connectivity index (χ2v) is 7.48. The summed E-state index contributed by atoms with van der Waals surface area (Å²) < 4.78 is 0. The van der Waals surface area contributed by atoms with Crippen LogP contribution in [0.15, 0.2) is 48.7 Å². The van der Waals surface area contributed by atoms with Crippen molar-refractivity contribution in [2.24, 2.45) is 5.73 Å². The van der Waals surface area contributed by atoms with Crippen LogP contribution in [0.4, 0.5) is 5.82 Å². The molecule has 2 heterocycles. The van der Waals surface area contributed by atoms with Crippen molar-refractivity contribution in [3.8, 4) is 0 Å². The molecule has 1 aliphatic heterocycles. The van der Waals surface area contributed by atoms with Crippen molar-refractivity contribution in [3.63, 3.8) is 0 Å². The number of hydrogen-bond acceptors (Lipinski definition) is 3. The van der Waals surface area contributed by atoms with Gasteiger partial charge in [-0.15, -0.1) is 0 Å². The van der Waals surface area contributed by atoms with E-state index in [9.17, 15) is 4.79 Å². The lowest BCUT2D eigenvalue weighted by Crippen LogP contribution is -2.35. The Labute approximate surface area is 152 Å². The molecule has 1 aliphatic carbocycles. The third kappa shape index (κ3) is 2.19. The molecule has 1 atom stereocenters. The first-order valence-electron chi connectivity index (χ1n) is 9.21.